The highest BCUT2D eigenvalue weighted by Gasteiger charge is 2.40. The number of ether oxygens (including phenoxy) is 1. The summed E-state index contributed by atoms with van der Waals surface area (Å²) in [4.78, 5) is 21.8. The highest BCUT2D eigenvalue weighted by atomic mass is 32.2. The molecule has 0 bridgehead atoms. The van der Waals surface area contributed by atoms with Crippen molar-refractivity contribution >= 4 is 32.5 Å². The van der Waals surface area contributed by atoms with Crippen molar-refractivity contribution < 1.29 is 27.0 Å². The second-order valence-electron chi connectivity index (χ2n) is 8.94. The Kier molecular flexibility index (Phi) is 5.32. The molecule has 1 fully saturated rings. The first-order valence-corrected chi connectivity index (χ1v) is 12.5. The third-order valence-corrected chi connectivity index (χ3v) is 7.86. The first-order chi connectivity index (χ1) is 16.0. The molecular weight excluding hydrogens is 470 g/mol. The molecule has 3 heterocycles. The second-order valence-corrected chi connectivity index (χ2v) is 11.0. The van der Waals surface area contributed by atoms with Crippen molar-refractivity contribution in [1.82, 2.24) is 14.5 Å². The Morgan fingerprint density at radius 3 is 2.74 bits per heavy atom. The number of pyridine rings is 1. The van der Waals surface area contributed by atoms with Crippen molar-refractivity contribution in [3.05, 3.63) is 51.9 Å². The normalized spacial score (nSPS) is 23.4. The van der Waals surface area contributed by atoms with E-state index in [0.717, 1.165) is 11.6 Å². The molecule has 1 saturated carbocycles. The van der Waals surface area contributed by atoms with Gasteiger partial charge in [0.15, 0.2) is 15.6 Å². The standard InChI is InChI=1S/C22H22F2N4O5S/c1-22(30)6-2-3-17(22)28-18-13(8-16(19(28)29)33-20(23)24)9-25-21(27-18)26-15-5-4-12-10-34(31,32)11-14(12)7-15/h4-5,7-9,17,20,30H,2-3,6,10-11H2,1H3,(H,25,26,27)/t17-,22-/m1/s1. The Hall–Kier alpha value is -3.12. The number of aliphatic hydroxyl groups is 1. The summed E-state index contributed by atoms with van der Waals surface area (Å²) in [5.74, 6) is -0.457. The summed E-state index contributed by atoms with van der Waals surface area (Å²) in [5.41, 5.74) is 0.124. The summed E-state index contributed by atoms with van der Waals surface area (Å²) in [6.07, 6.45) is 2.94. The van der Waals surface area contributed by atoms with Crippen LogP contribution in [0.15, 0.2) is 35.3 Å². The lowest BCUT2D eigenvalue weighted by molar-refractivity contribution is -0.0513. The van der Waals surface area contributed by atoms with Gasteiger partial charge < -0.3 is 15.2 Å². The van der Waals surface area contributed by atoms with Gasteiger partial charge in [0, 0.05) is 17.3 Å². The number of fused-ring (bicyclic) bond motifs is 2. The molecule has 0 radical (unpaired) electrons. The molecule has 1 aliphatic heterocycles. The molecule has 1 aliphatic carbocycles. The number of nitrogens with zero attached hydrogens (tertiary/aromatic N) is 3. The van der Waals surface area contributed by atoms with E-state index in [-0.39, 0.29) is 23.1 Å². The Morgan fingerprint density at radius 2 is 2.03 bits per heavy atom. The lowest BCUT2D eigenvalue weighted by Gasteiger charge is -2.28. The molecule has 1 aromatic carbocycles. The number of sulfone groups is 1. The molecule has 0 saturated heterocycles. The van der Waals surface area contributed by atoms with Gasteiger partial charge in [-0.15, -0.1) is 0 Å². The Morgan fingerprint density at radius 1 is 1.26 bits per heavy atom. The molecule has 0 spiro atoms. The van der Waals surface area contributed by atoms with Crippen molar-refractivity contribution in [2.24, 2.45) is 0 Å². The summed E-state index contributed by atoms with van der Waals surface area (Å²) in [5, 5.41) is 14.2. The number of nitrogens with one attached hydrogen (secondary N) is 1. The maximum absolute atomic E-state index is 13.1. The molecule has 34 heavy (non-hydrogen) atoms. The second kappa shape index (κ2) is 7.98. The number of benzene rings is 1. The molecule has 2 atom stereocenters. The van der Waals surface area contributed by atoms with E-state index >= 15 is 0 Å². The fraction of sp³-hybridized carbons (Fsp3) is 0.409. The molecule has 12 heteroatoms. The Balaban J connectivity index is 1.59. The maximum atomic E-state index is 13.1. The molecule has 0 amide bonds. The first-order valence-electron chi connectivity index (χ1n) is 10.7. The van der Waals surface area contributed by atoms with E-state index in [1.54, 1.807) is 25.1 Å². The van der Waals surface area contributed by atoms with E-state index in [1.807, 2.05) is 0 Å². The third kappa shape index (κ3) is 4.11. The number of alkyl halides is 2. The minimum Gasteiger partial charge on any atom is -0.429 e. The van der Waals surface area contributed by atoms with Crippen molar-refractivity contribution in [2.45, 2.75) is 55.9 Å². The van der Waals surface area contributed by atoms with Gasteiger partial charge in [-0.05, 0) is 55.5 Å². The van der Waals surface area contributed by atoms with Crippen molar-refractivity contribution in [3.8, 4) is 5.75 Å². The van der Waals surface area contributed by atoms with Gasteiger partial charge in [0.1, 0.15) is 5.65 Å². The smallest absolute Gasteiger partial charge is 0.387 e. The molecular formula is C22H22F2N4O5S. The van der Waals surface area contributed by atoms with Crippen LogP contribution in [0, 0.1) is 0 Å². The number of anilines is 2. The Bertz CT molecular complexity index is 1460. The van der Waals surface area contributed by atoms with E-state index in [9.17, 15) is 27.1 Å². The topological polar surface area (TPSA) is 123 Å². The molecule has 180 valence electrons. The summed E-state index contributed by atoms with van der Waals surface area (Å²) >= 11 is 0. The minimum absolute atomic E-state index is 0.00566. The quantitative estimate of drug-likeness (QED) is 0.557. The molecule has 5 rings (SSSR count). The SMILES string of the molecule is C[C@@]1(O)CCC[C@H]1n1c(=O)c(OC(F)F)cc2cnc(Nc3ccc4c(c3)CS(=O)(=O)C4)nc21. The van der Waals surface area contributed by atoms with Gasteiger partial charge in [-0.1, -0.05) is 6.07 Å². The highest BCUT2D eigenvalue weighted by molar-refractivity contribution is 7.90. The van der Waals surface area contributed by atoms with Gasteiger partial charge in [0.2, 0.25) is 5.95 Å². The van der Waals surface area contributed by atoms with Crippen molar-refractivity contribution in [1.29, 1.82) is 0 Å². The van der Waals surface area contributed by atoms with Crippen LogP contribution in [0.3, 0.4) is 0 Å². The minimum atomic E-state index is -3.19. The lowest BCUT2D eigenvalue weighted by atomic mass is 10.00. The fourth-order valence-corrected chi connectivity index (χ4v) is 6.40. The monoisotopic (exact) mass is 492 g/mol. The molecule has 9 nitrogen and oxygen atoms in total. The van der Waals surface area contributed by atoms with Crippen molar-refractivity contribution in [3.63, 3.8) is 0 Å². The zero-order valence-corrected chi connectivity index (χ0v) is 19.0. The summed E-state index contributed by atoms with van der Waals surface area (Å²) in [6.45, 7) is -1.59. The zero-order chi connectivity index (χ0) is 24.3. The van der Waals surface area contributed by atoms with Crippen LogP contribution in [-0.2, 0) is 21.3 Å². The summed E-state index contributed by atoms with van der Waals surface area (Å²) in [6, 6.07) is 5.62. The largest absolute Gasteiger partial charge is 0.429 e. The fourth-order valence-electron chi connectivity index (χ4n) is 4.80. The predicted molar refractivity (Wildman–Crippen MR) is 120 cm³/mol. The van der Waals surface area contributed by atoms with Crippen LogP contribution >= 0.6 is 0 Å². The van der Waals surface area contributed by atoms with Crippen LogP contribution < -0.4 is 15.6 Å². The molecule has 2 aromatic heterocycles. The van der Waals surface area contributed by atoms with Gasteiger partial charge in [0.05, 0.1) is 23.1 Å². The molecule has 3 aromatic rings. The summed E-state index contributed by atoms with van der Waals surface area (Å²) < 4.78 is 55.3. The van der Waals surface area contributed by atoms with E-state index in [1.165, 1.54) is 10.8 Å². The third-order valence-electron chi connectivity index (χ3n) is 6.36. The summed E-state index contributed by atoms with van der Waals surface area (Å²) in [7, 11) is -3.15. The highest BCUT2D eigenvalue weighted by Crippen LogP contribution is 2.40. The number of hydrogen-bond acceptors (Lipinski definition) is 8. The predicted octanol–water partition coefficient (Wildman–Crippen LogP) is 3.04. The number of aromatic nitrogens is 3. The van der Waals surface area contributed by atoms with E-state index in [2.05, 4.69) is 20.0 Å². The number of halogens is 2. The van der Waals surface area contributed by atoms with Crippen LogP contribution in [0.5, 0.6) is 5.75 Å². The van der Waals surface area contributed by atoms with Gasteiger partial charge in [0.25, 0.3) is 5.56 Å². The number of rotatable bonds is 5. The average Bonchev–Trinajstić information content (AvgIpc) is 3.24. The van der Waals surface area contributed by atoms with E-state index < -0.39 is 39.4 Å². The van der Waals surface area contributed by atoms with Crippen LogP contribution in [0.25, 0.3) is 11.0 Å². The van der Waals surface area contributed by atoms with Gasteiger partial charge in [-0.3, -0.25) is 9.36 Å². The average molecular weight is 493 g/mol. The number of hydrogen-bond donors (Lipinski definition) is 2. The zero-order valence-electron chi connectivity index (χ0n) is 18.2. The van der Waals surface area contributed by atoms with Crippen LogP contribution in [0.2, 0.25) is 0 Å². The van der Waals surface area contributed by atoms with Crippen molar-refractivity contribution in [2.75, 3.05) is 5.32 Å². The van der Waals surface area contributed by atoms with E-state index in [0.29, 0.717) is 35.9 Å². The van der Waals surface area contributed by atoms with Gasteiger partial charge in [-0.25, -0.2) is 13.4 Å². The van der Waals surface area contributed by atoms with E-state index in [4.69, 9.17) is 0 Å². The van der Waals surface area contributed by atoms with Gasteiger partial charge >= 0.3 is 6.61 Å². The van der Waals surface area contributed by atoms with Crippen LogP contribution in [0.4, 0.5) is 20.4 Å². The Labute approximate surface area is 193 Å². The van der Waals surface area contributed by atoms with Crippen LogP contribution in [0.1, 0.15) is 43.4 Å². The molecule has 2 N–H and O–H groups in total. The lowest BCUT2D eigenvalue weighted by Crippen LogP contribution is -2.38. The molecule has 2 aliphatic rings. The first kappa shape index (κ1) is 22.7. The maximum Gasteiger partial charge on any atom is 0.387 e. The molecule has 0 unspecified atom stereocenters. The van der Waals surface area contributed by atoms with Crippen LogP contribution in [-0.4, -0.2) is 40.3 Å². The van der Waals surface area contributed by atoms with Gasteiger partial charge in [-0.2, -0.15) is 13.8 Å².